The van der Waals surface area contributed by atoms with Gasteiger partial charge in [0.15, 0.2) is 17.5 Å². The highest BCUT2D eigenvalue weighted by atomic mass is 16.7. The van der Waals surface area contributed by atoms with Crippen LogP contribution in [0.25, 0.3) is 67.2 Å². The average Bonchev–Trinajstić information content (AvgIpc) is 3.34. The fourth-order valence-corrected chi connectivity index (χ4v) is 5.87. The van der Waals surface area contributed by atoms with Crippen LogP contribution in [0.5, 0.6) is 0 Å². The quantitative estimate of drug-likeness (QED) is 0.144. The van der Waals surface area contributed by atoms with Gasteiger partial charge in [-0.1, -0.05) is 97.1 Å². The van der Waals surface area contributed by atoms with Crippen molar-refractivity contribution >= 4 is 34.4 Å². The molecule has 0 bridgehead atoms. The molecule has 228 valence electrons. The maximum Gasteiger partial charge on any atom is 0.494 e. The summed E-state index contributed by atoms with van der Waals surface area (Å²) in [5, 5.41) is 2.07. The molecule has 47 heavy (non-hydrogen) atoms. The van der Waals surface area contributed by atoms with Crippen molar-refractivity contribution in [2.24, 2.45) is 0 Å². The second kappa shape index (κ2) is 11.2. The highest BCUT2D eigenvalue weighted by Crippen LogP contribution is 2.37. The van der Waals surface area contributed by atoms with Crippen molar-refractivity contribution < 1.29 is 9.31 Å². The second-order valence-corrected chi connectivity index (χ2v) is 12.9. The highest BCUT2D eigenvalue weighted by molar-refractivity contribution is 6.62. The summed E-state index contributed by atoms with van der Waals surface area (Å²) in [5.41, 5.74) is 5.88. The molecule has 1 fully saturated rings. The van der Waals surface area contributed by atoms with E-state index >= 15 is 0 Å². The van der Waals surface area contributed by atoms with Crippen LogP contribution in [0, 0.1) is 0 Å². The van der Waals surface area contributed by atoms with Gasteiger partial charge in [-0.3, -0.25) is 4.98 Å². The van der Waals surface area contributed by atoms with Crippen molar-refractivity contribution in [1.29, 1.82) is 0 Å². The zero-order valence-electron chi connectivity index (χ0n) is 26.7. The van der Waals surface area contributed by atoms with Crippen molar-refractivity contribution in [3.8, 4) is 45.4 Å². The highest BCUT2D eigenvalue weighted by Gasteiger charge is 2.51. The fourth-order valence-electron chi connectivity index (χ4n) is 5.87. The third kappa shape index (κ3) is 5.35. The first-order valence-electron chi connectivity index (χ1n) is 15.8. The first-order valence-corrected chi connectivity index (χ1v) is 15.8. The van der Waals surface area contributed by atoms with Crippen molar-refractivity contribution in [2.45, 2.75) is 38.9 Å². The van der Waals surface area contributed by atoms with Gasteiger partial charge in [0, 0.05) is 39.2 Å². The Labute approximate surface area is 273 Å². The van der Waals surface area contributed by atoms with Gasteiger partial charge in [-0.2, -0.15) is 0 Å². The van der Waals surface area contributed by atoms with Gasteiger partial charge in [0.25, 0.3) is 0 Å². The Morgan fingerprint density at radius 3 is 1.64 bits per heavy atom. The van der Waals surface area contributed by atoms with E-state index in [2.05, 4.69) is 75.1 Å². The van der Waals surface area contributed by atoms with E-state index in [0.717, 1.165) is 55.2 Å². The number of hydrogen-bond acceptors (Lipinski definition) is 7. The lowest BCUT2D eigenvalue weighted by Crippen LogP contribution is -2.41. The summed E-state index contributed by atoms with van der Waals surface area (Å²) in [6.45, 7) is 8.24. The predicted octanol–water partition coefficient (Wildman–Crippen LogP) is 7.94. The molecule has 1 saturated heterocycles. The molecule has 0 aliphatic carbocycles. The van der Waals surface area contributed by atoms with Crippen molar-refractivity contribution in [3.05, 3.63) is 121 Å². The summed E-state index contributed by atoms with van der Waals surface area (Å²) in [6.07, 6.45) is 1.81. The van der Waals surface area contributed by atoms with E-state index in [1.807, 2.05) is 79.0 Å². The van der Waals surface area contributed by atoms with Crippen LogP contribution in [0.2, 0.25) is 0 Å². The van der Waals surface area contributed by atoms with E-state index < -0.39 is 18.3 Å². The maximum absolute atomic E-state index is 6.54. The van der Waals surface area contributed by atoms with Crippen LogP contribution in [-0.4, -0.2) is 43.2 Å². The normalized spacial score (nSPS) is 15.4. The molecule has 3 aromatic heterocycles. The number of aromatic nitrogens is 5. The lowest BCUT2D eigenvalue weighted by molar-refractivity contribution is 0.00578. The van der Waals surface area contributed by atoms with Crippen LogP contribution in [-0.2, 0) is 9.31 Å². The molecule has 4 aromatic carbocycles. The zero-order valence-corrected chi connectivity index (χ0v) is 26.7. The third-order valence-corrected chi connectivity index (χ3v) is 9.17. The molecule has 4 heterocycles. The van der Waals surface area contributed by atoms with E-state index in [1.165, 1.54) is 0 Å². The molecular weight excluding hydrogens is 581 g/mol. The van der Waals surface area contributed by atoms with E-state index in [9.17, 15) is 0 Å². The predicted molar refractivity (Wildman–Crippen MR) is 188 cm³/mol. The lowest BCUT2D eigenvalue weighted by atomic mass is 9.77. The molecule has 0 saturated carbocycles. The lowest BCUT2D eigenvalue weighted by Gasteiger charge is -2.32. The maximum atomic E-state index is 6.54. The summed E-state index contributed by atoms with van der Waals surface area (Å²) in [6, 6.07) is 38.5. The van der Waals surface area contributed by atoms with E-state index in [-0.39, 0.29) is 0 Å². The average molecular weight is 614 g/mol. The molecule has 0 atom stereocenters. The van der Waals surface area contributed by atoms with Crippen LogP contribution >= 0.6 is 0 Å². The van der Waals surface area contributed by atoms with Gasteiger partial charge in [-0.25, -0.2) is 19.9 Å². The fraction of sp³-hybridized carbons (Fsp3) is 0.154. The Bertz CT molecular complexity index is 2200. The molecule has 1 aliphatic rings. The minimum Gasteiger partial charge on any atom is -0.399 e. The molecule has 8 rings (SSSR count). The zero-order chi connectivity index (χ0) is 32.2. The molecule has 0 unspecified atom stereocenters. The van der Waals surface area contributed by atoms with Gasteiger partial charge in [-0.05, 0) is 51.4 Å². The third-order valence-electron chi connectivity index (χ3n) is 9.17. The molecule has 1 aliphatic heterocycles. The molecule has 0 amide bonds. The number of fused-ring (bicyclic) bond motifs is 3. The van der Waals surface area contributed by atoms with Gasteiger partial charge in [-0.15, -0.1) is 0 Å². The monoisotopic (exact) mass is 613 g/mol. The van der Waals surface area contributed by atoms with E-state index in [0.29, 0.717) is 17.5 Å². The first kappa shape index (κ1) is 29.1. The minimum absolute atomic E-state index is 0.506. The molecule has 0 spiro atoms. The first-order chi connectivity index (χ1) is 22.7. The van der Waals surface area contributed by atoms with Gasteiger partial charge < -0.3 is 9.31 Å². The van der Waals surface area contributed by atoms with Crippen molar-refractivity contribution in [1.82, 2.24) is 24.9 Å². The molecule has 7 aromatic rings. The van der Waals surface area contributed by atoms with Crippen LogP contribution < -0.4 is 5.46 Å². The minimum atomic E-state index is -0.592. The van der Waals surface area contributed by atoms with Crippen molar-refractivity contribution in [2.75, 3.05) is 0 Å². The number of rotatable bonds is 5. The Hall–Kier alpha value is -5.31. The summed E-state index contributed by atoms with van der Waals surface area (Å²) in [7, 11) is -0.592. The Morgan fingerprint density at radius 1 is 0.489 bits per heavy atom. The Balaban J connectivity index is 1.34. The standard InChI is InChI=1S/C39H32BN5O2/c1-38(2)39(3,4)47-40(46-38)31-23-29(32-20-19-26-18-17-25-16-11-21-41-33(25)34(26)42-32)22-30(24-31)37-44-35(27-12-7-5-8-13-27)43-36(45-37)28-14-9-6-10-15-28/h5-24H,1-4H3. The smallest absolute Gasteiger partial charge is 0.399 e. The number of nitrogens with zero attached hydrogens (tertiary/aromatic N) is 5. The van der Waals surface area contributed by atoms with E-state index in [4.69, 9.17) is 29.2 Å². The van der Waals surface area contributed by atoms with Crippen molar-refractivity contribution in [3.63, 3.8) is 0 Å². The summed E-state index contributed by atoms with van der Waals surface area (Å²) in [4.78, 5) is 24.8. The Kier molecular flexibility index (Phi) is 6.93. The molecule has 8 heteroatoms. The van der Waals surface area contributed by atoms with E-state index in [1.54, 1.807) is 0 Å². The summed E-state index contributed by atoms with van der Waals surface area (Å²) in [5.74, 6) is 1.74. The topological polar surface area (TPSA) is 82.9 Å². The summed E-state index contributed by atoms with van der Waals surface area (Å²) >= 11 is 0. The van der Waals surface area contributed by atoms with Gasteiger partial charge >= 0.3 is 7.12 Å². The number of benzene rings is 4. The molecule has 0 radical (unpaired) electrons. The summed E-state index contributed by atoms with van der Waals surface area (Å²) < 4.78 is 13.1. The van der Waals surface area contributed by atoms with Crippen LogP contribution in [0.3, 0.4) is 0 Å². The van der Waals surface area contributed by atoms with Crippen LogP contribution in [0.1, 0.15) is 27.7 Å². The Morgan fingerprint density at radius 2 is 1.02 bits per heavy atom. The molecule has 0 N–H and O–H groups in total. The SMILES string of the molecule is CC1(C)OB(c2cc(-c3ccc4ccc5cccnc5c4n3)cc(-c3nc(-c4ccccc4)nc(-c4ccccc4)n3)c2)OC1(C)C. The number of pyridine rings is 2. The van der Waals surface area contributed by atoms with Crippen LogP contribution in [0.15, 0.2) is 121 Å². The van der Waals surface area contributed by atoms with Gasteiger partial charge in [0.1, 0.15) is 0 Å². The molecule has 7 nitrogen and oxygen atoms in total. The second-order valence-electron chi connectivity index (χ2n) is 12.9. The van der Waals surface area contributed by atoms with Crippen LogP contribution in [0.4, 0.5) is 0 Å². The van der Waals surface area contributed by atoms with Gasteiger partial charge in [0.05, 0.1) is 27.9 Å². The molecular formula is C39H32BN5O2. The van der Waals surface area contributed by atoms with Gasteiger partial charge in [0.2, 0.25) is 0 Å². The number of hydrogen-bond donors (Lipinski definition) is 0. The largest absolute Gasteiger partial charge is 0.494 e.